The molecule has 1 atom stereocenters. The van der Waals surface area contributed by atoms with Crippen molar-refractivity contribution in [3.63, 3.8) is 0 Å². The zero-order valence-corrected chi connectivity index (χ0v) is 15.3. The quantitative estimate of drug-likeness (QED) is 0.908. The Hall–Kier alpha value is -2.17. The third-order valence-corrected chi connectivity index (χ3v) is 7.02. The Kier molecular flexibility index (Phi) is 3.66. The number of hydrogen-bond donors (Lipinski definition) is 1. The van der Waals surface area contributed by atoms with E-state index < -0.39 is 0 Å². The Morgan fingerprint density at radius 1 is 1.12 bits per heavy atom. The summed E-state index contributed by atoms with van der Waals surface area (Å²) in [6, 6.07) is 8.27. The van der Waals surface area contributed by atoms with Crippen molar-refractivity contribution in [1.82, 2.24) is 14.8 Å². The first-order chi connectivity index (χ1) is 12.6. The Balaban J connectivity index is 1.31. The highest BCUT2D eigenvalue weighted by Gasteiger charge is 2.51. The topological polar surface area (TPSA) is 59.8 Å². The number of benzene rings is 1. The summed E-state index contributed by atoms with van der Waals surface area (Å²) in [6.45, 7) is 1.83. The van der Waals surface area contributed by atoms with Crippen LogP contribution in [0.5, 0.6) is 0 Å². The molecule has 4 saturated carbocycles. The summed E-state index contributed by atoms with van der Waals surface area (Å²) in [7, 11) is 0. The standard InChI is InChI=1S/C21H26N4O/c1-14(25-13-22-12-23-25)20(26)24-19-4-2-18(3-5-19)21-9-15-6-16(10-21)8-17(7-15)11-21/h2-5,12-17H,6-11H2,1H3,(H,24,26)/t14-,15?,16?,17?,21?/m1/s1. The number of nitrogens with zero attached hydrogens (tertiary/aromatic N) is 3. The van der Waals surface area contributed by atoms with Gasteiger partial charge in [0.05, 0.1) is 0 Å². The van der Waals surface area contributed by atoms with Gasteiger partial charge in [0.15, 0.2) is 0 Å². The van der Waals surface area contributed by atoms with Crippen LogP contribution in [-0.2, 0) is 10.2 Å². The molecule has 0 radical (unpaired) electrons. The van der Waals surface area contributed by atoms with Gasteiger partial charge in [-0.15, -0.1) is 0 Å². The van der Waals surface area contributed by atoms with Gasteiger partial charge in [0.1, 0.15) is 18.7 Å². The molecule has 26 heavy (non-hydrogen) atoms. The van der Waals surface area contributed by atoms with Crippen LogP contribution < -0.4 is 5.32 Å². The van der Waals surface area contributed by atoms with Gasteiger partial charge in [-0.25, -0.2) is 9.67 Å². The molecule has 2 aromatic rings. The van der Waals surface area contributed by atoms with Crippen LogP contribution in [0.25, 0.3) is 0 Å². The van der Waals surface area contributed by atoms with E-state index in [4.69, 9.17) is 0 Å². The lowest BCUT2D eigenvalue weighted by atomic mass is 9.48. The minimum absolute atomic E-state index is 0.0712. The van der Waals surface area contributed by atoms with E-state index in [0.717, 1.165) is 23.4 Å². The van der Waals surface area contributed by atoms with E-state index in [9.17, 15) is 4.79 Å². The molecule has 0 unspecified atom stereocenters. The molecule has 1 aromatic heterocycles. The molecule has 1 N–H and O–H groups in total. The molecule has 1 heterocycles. The smallest absolute Gasteiger partial charge is 0.249 e. The lowest BCUT2D eigenvalue weighted by Gasteiger charge is -2.57. The van der Waals surface area contributed by atoms with E-state index in [1.54, 1.807) is 11.0 Å². The fourth-order valence-electron chi connectivity index (χ4n) is 6.16. The van der Waals surface area contributed by atoms with Crippen molar-refractivity contribution in [1.29, 1.82) is 0 Å². The maximum absolute atomic E-state index is 12.4. The molecule has 5 heteroatoms. The lowest BCUT2D eigenvalue weighted by molar-refractivity contribution is -0.119. The van der Waals surface area contributed by atoms with Crippen LogP contribution in [0.15, 0.2) is 36.9 Å². The fraction of sp³-hybridized carbons (Fsp3) is 0.571. The maximum Gasteiger partial charge on any atom is 0.249 e. The molecule has 6 rings (SSSR count). The molecule has 1 amide bonds. The molecule has 4 fully saturated rings. The SMILES string of the molecule is C[C@H](C(=O)Nc1ccc(C23CC4CC(CC(C4)C2)C3)cc1)n1cncn1. The van der Waals surface area contributed by atoms with Crippen molar-refractivity contribution in [2.45, 2.75) is 56.9 Å². The van der Waals surface area contributed by atoms with Crippen LogP contribution in [-0.4, -0.2) is 20.7 Å². The van der Waals surface area contributed by atoms with Crippen molar-refractivity contribution >= 4 is 11.6 Å². The third-order valence-electron chi connectivity index (χ3n) is 7.02. The molecule has 0 spiro atoms. The molecule has 4 bridgehead atoms. The number of nitrogens with one attached hydrogen (secondary N) is 1. The second-order valence-electron chi connectivity index (χ2n) is 8.82. The van der Waals surface area contributed by atoms with Gasteiger partial charge in [-0.1, -0.05) is 12.1 Å². The summed E-state index contributed by atoms with van der Waals surface area (Å²) in [5.41, 5.74) is 2.75. The molecule has 0 aliphatic heterocycles. The summed E-state index contributed by atoms with van der Waals surface area (Å²) in [6.07, 6.45) is 11.5. The number of hydrogen-bond acceptors (Lipinski definition) is 3. The lowest BCUT2D eigenvalue weighted by Crippen LogP contribution is -2.48. The summed E-state index contributed by atoms with van der Waals surface area (Å²) in [5.74, 6) is 2.77. The van der Waals surface area contributed by atoms with Crippen molar-refractivity contribution in [2.24, 2.45) is 17.8 Å². The molecule has 4 aliphatic carbocycles. The minimum Gasteiger partial charge on any atom is -0.324 e. The van der Waals surface area contributed by atoms with Crippen molar-refractivity contribution < 1.29 is 4.79 Å². The first-order valence-corrected chi connectivity index (χ1v) is 9.87. The monoisotopic (exact) mass is 350 g/mol. The van der Waals surface area contributed by atoms with E-state index in [1.807, 2.05) is 6.92 Å². The molecule has 5 nitrogen and oxygen atoms in total. The molecule has 0 saturated heterocycles. The summed E-state index contributed by atoms with van der Waals surface area (Å²) >= 11 is 0. The van der Waals surface area contributed by atoms with Crippen molar-refractivity contribution in [2.75, 3.05) is 5.32 Å². The zero-order valence-electron chi connectivity index (χ0n) is 15.3. The van der Waals surface area contributed by atoms with E-state index >= 15 is 0 Å². The van der Waals surface area contributed by atoms with E-state index in [0.29, 0.717) is 5.41 Å². The van der Waals surface area contributed by atoms with E-state index in [1.165, 1.54) is 50.4 Å². The highest BCUT2D eigenvalue weighted by Crippen LogP contribution is 2.60. The normalized spacial score (nSPS) is 33.2. The highest BCUT2D eigenvalue weighted by molar-refractivity contribution is 5.93. The highest BCUT2D eigenvalue weighted by atomic mass is 16.2. The average molecular weight is 350 g/mol. The number of aromatic nitrogens is 3. The minimum atomic E-state index is -0.375. The Bertz CT molecular complexity index is 761. The molecular formula is C21H26N4O. The van der Waals surface area contributed by atoms with Crippen LogP contribution in [0.1, 0.15) is 57.1 Å². The molecule has 4 aliphatic rings. The molecule has 1 aromatic carbocycles. The van der Waals surface area contributed by atoms with Gasteiger partial charge in [0.2, 0.25) is 5.91 Å². The fourth-order valence-corrected chi connectivity index (χ4v) is 6.16. The van der Waals surface area contributed by atoms with Gasteiger partial charge < -0.3 is 5.32 Å². The van der Waals surface area contributed by atoms with Crippen molar-refractivity contribution in [3.05, 3.63) is 42.5 Å². The number of amides is 1. The van der Waals surface area contributed by atoms with E-state index in [-0.39, 0.29) is 11.9 Å². The van der Waals surface area contributed by atoms with Crippen LogP contribution in [0.2, 0.25) is 0 Å². The van der Waals surface area contributed by atoms with E-state index in [2.05, 4.69) is 39.7 Å². The van der Waals surface area contributed by atoms with Crippen LogP contribution >= 0.6 is 0 Å². The summed E-state index contributed by atoms with van der Waals surface area (Å²) in [5, 5.41) is 7.05. The van der Waals surface area contributed by atoms with Crippen LogP contribution in [0.3, 0.4) is 0 Å². The average Bonchev–Trinajstić information content (AvgIpc) is 3.15. The van der Waals surface area contributed by atoms with Crippen LogP contribution in [0, 0.1) is 17.8 Å². The molecule has 136 valence electrons. The molecular weight excluding hydrogens is 324 g/mol. The van der Waals surface area contributed by atoms with Gasteiger partial charge in [0.25, 0.3) is 0 Å². The summed E-state index contributed by atoms with van der Waals surface area (Å²) in [4.78, 5) is 16.3. The predicted octanol–water partition coefficient (Wildman–Crippen LogP) is 3.95. The number of carbonyl (C=O) groups excluding carboxylic acids is 1. The van der Waals surface area contributed by atoms with Gasteiger partial charge in [0, 0.05) is 5.69 Å². The number of anilines is 1. The second kappa shape index (κ2) is 5.93. The Morgan fingerprint density at radius 3 is 2.27 bits per heavy atom. The second-order valence-corrected chi connectivity index (χ2v) is 8.82. The Labute approximate surface area is 154 Å². The van der Waals surface area contributed by atoms with Gasteiger partial charge >= 0.3 is 0 Å². The number of rotatable bonds is 4. The Morgan fingerprint density at radius 2 is 1.73 bits per heavy atom. The largest absolute Gasteiger partial charge is 0.324 e. The van der Waals surface area contributed by atoms with Gasteiger partial charge in [-0.3, -0.25) is 4.79 Å². The van der Waals surface area contributed by atoms with Gasteiger partial charge in [-0.05, 0) is 86.3 Å². The maximum atomic E-state index is 12.4. The zero-order chi connectivity index (χ0) is 17.7. The third kappa shape index (κ3) is 2.65. The van der Waals surface area contributed by atoms with Crippen LogP contribution in [0.4, 0.5) is 5.69 Å². The first kappa shape index (κ1) is 16.0. The number of carbonyl (C=O) groups is 1. The van der Waals surface area contributed by atoms with Gasteiger partial charge in [-0.2, -0.15) is 5.10 Å². The van der Waals surface area contributed by atoms with Crippen molar-refractivity contribution in [3.8, 4) is 0 Å². The predicted molar refractivity (Wildman–Crippen MR) is 99.7 cm³/mol. The summed E-state index contributed by atoms with van der Waals surface area (Å²) < 4.78 is 1.57. The first-order valence-electron chi connectivity index (χ1n) is 9.87.